The van der Waals surface area contributed by atoms with Gasteiger partial charge < -0.3 is 9.73 Å². The third-order valence-electron chi connectivity index (χ3n) is 4.13. The predicted molar refractivity (Wildman–Crippen MR) is 102 cm³/mol. The molecule has 0 spiro atoms. The van der Waals surface area contributed by atoms with E-state index in [2.05, 4.69) is 36.3 Å². The van der Waals surface area contributed by atoms with Gasteiger partial charge in [-0.25, -0.2) is 4.98 Å². The van der Waals surface area contributed by atoms with E-state index in [4.69, 9.17) is 4.42 Å². The molecule has 0 atom stereocenters. The van der Waals surface area contributed by atoms with Gasteiger partial charge in [0.2, 0.25) is 11.8 Å². The zero-order valence-corrected chi connectivity index (χ0v) is 15.4. The van der Waals surface area contributed by atoms with Crippen molar-refractivity contribution in [2.24, 2.45) is 5.41 Å². The Morgan fingerprint density at radius 1 is 1.12 bits per heavy atom. The van der Waals surface area contributed by atoms with E-state index >= 15 is 0 Å². The molecule has 2 aromatic carbocycles. The van der Waals surface area contributed by atoms with Crippen LogP contribution in [0.3, 0.4) is 0 Å². The summed E-state index contributed by atoms with van der Waals surface area (Å²) in [6.45, 7) is 9.98. The molecule has 0 aliphatic carbocycles. The monoisotopic (exact) mass is 336 g/mol. The van der Waals surface area contributed by atoms with Crippen molar-refractivity contribution >= 4 is 22.7 Å². The van der Waals surface area contributed by atoms with Crippen LogP contribution in [-0.2, 0) is 4.79 Å². The lowest BCUT2D eigenvalue weighted by Gasteiger charge is -2.17. The number of nitrogens with zero attached hydrogens (tertiary/aromatic N) is 1. The second-order valence-corrected chi connectivity index (χ2v) is 7.69. The number of anilines is 1. The second-order valence-electron chi connectivity index (χ2n) is 7.69. The van der Waals surface area contributed by atoms with Crippen molar-refractivity contribution in [3.8, 4) is 11.5 Å². The molecule has 1 N–H and O–H groups in total. The molecule has 1 heterocycles. The Kier molecular flexibility index (Phi) is 4.38. The quantitative estimate of drug-likeness (QED) is 0.677. The van der Waals surface area contributed by atoms with Gasteiger partial charge in [-0.15, -0.1) is 0 Å². The van der Waals surface area contributed by atoms with Gasteiger partial charge in [0.1, 0.15) is 5.52 Å². The van der Waals surface area contributed by atoms with E-state index in [0.717, 1.165) is 22.4 Å². The molecule has 0 radical (unpaired) electrons. The van der Waals surface area contributed by atoms with Gasteiger partial charge in [-0.1, -0.05) is 46.8 Å². The highest BCUT2D eigenvalue weighted by molar-refractivity contribution is 5.95. The fourth-order valence-electron chi connectivity index (χ4n) is 2.48. The molecule has 130 valence electrons. The molecule has 1 aromatic heterocycles. The molecule has 25 heavy (non-hydrogen) atoms. The summed E-state index contributed by atoms with van der Waals surface area (Å²) in [4.78, 5) is 16.8. The van der Waals surface area contributed by atoms with Gasteiger partial charge in [-0.2, -0.15) is 0 Å². The van der Waals surface area contributed by atoms with Gasteiger partial charge in [0, 0.05) is 16.7 Å². The number of rotatable bonds is 3. The summed E-state index contributed by atoms with van der Waals surface area (Å²) in [5.74, 6) is 0.979. The van der Waals surface area contributed by atoms with Crippen LogP contribution in [0.1, 0.15) is 46.1 Å². The number of hydrogen-bond acceptors (Lipinski definition) is 3. The zero-order chi connectivity index (χ0) is 18.2. The van der Waals surface area contributed by atoms with Crippen molar-refractivity contribution < 1.29 is 9.21 Å². The van der Waals surface area contributed by atoms with E-state index in [1.165, 1.54) is 5.56 Å². The topological polar surface area (TPSA) is 55.1 Å². The summed E-state index contributed by atoms with van der Waals surface area (Å²) in [5.41, 5.74) is 3.99. The molecule has 4 nitrogen and oxygen atoms in total. The summed E-state index contributed by atoms with van der Waals surface area (Å²) in [5, 5.41) is 2.94. The van der Waals surface area contributed by atoms with Crippen molar-refractivity contribution in [2.45, 2.75) is 40.5 Å². The Hall–Kier alpha value is -2.62. The lowest BCUT2D eigenvalue weighted by atomic mass is 9.95. The molecule has 0 fully saturated rings. The SMILES string of the molecule is CC(C)c1ccc2oc(-c3cccc(NC(=O)C(C)(C)C)c3)nc2c1. The molecule has 0 aliphatic heterocycles. The Balaban J connectivity index is 1.93. The maximum Gasteiger partial charge on any atom is 0.229 e. The maximum atomic E-state index is 12.2. The second kappa shape index (κ2) is 6.36. The molecular weight excluding hydrogens is 312 g/mol. The Labute approximate surface area is 148 Å². The van der Waals surface area contributed by atoms with E-state index in [1.54, 1.807) is 0 Å². The summed E-state index contributed by atoms with van der Waals surface area (Å²) in [7, 11) is 0. The van der Waals surface area contributed by atoms with Crippen molar-refractivity contribution in [1.82, 2.24) is 4.98 Å². The van der Waals surface area contributed by atoms with Crippen molar-refractivity contribution in [1.29, 1.82) is 0 Å². The fraction of sp³-hybridized carbons (Fsp3) is 0.333. The summed E-state index contributed by atoms with van der Waals surface area (Å²) < 4.78 is 5.89. The maximum absolute atomic E-state index is 12.2. The molecule has 3 rings (SSSR count). The average Bonchev–Trinajstić information content (AvgIpc) is 2.97. The van der Waals surface area contributed by atoms with Gasteiger partial charge in [-0.3, -0.25) is 4.79 Å². The highest BCUT2D eigenvalue weighted by atomic mass is 16.3. The summed E-state index contributed by atoms with van der Waals surface area (Å²) in [6, 6.07) is 13.7. The van der Waals surface area contributed by atoms with Crippen LogP contribution in [0.2, 0.25) is 0 Å². The lowest BCUT2D eigenvalue weighted by Crippen LogP contribution is -2.27. The van der Waals surface area contributed by atoms with E-state index < -0.39 is 5.41 Å². The highest BCUT2D eigenvalue weighted by Crippen LogP contribution is 2.28. The molecule has 0 bridgehead atoms. The number of carbonyl (C=O) groups is 1. The number of fused-ring (bicyclic) bond motifs is 1. The molecular formula is C21H24N2O2. The van der Waals surface area contributed by atoms with Gasteiger partial charge in [0.25, 0.3) is 0 Å². The number of benzene rings is 2. The first-order valence-electron chi connectivity index (χ1n) is 8.56. The Morgan fingerprint density at radius 3 is 2.56 bits per heavy atom. The molecule has 0 unspecified atom stereocenters. The van der Waals surface area contributed by atoms with Crippen molar-refractivity contribution in [3.05, 3.63) is 48.0 Å². The Bertz CT molecular complexity index is 917. The number of aromatic nitrogens is 1. The molecule has 3 aromatic rings. The molecule has 0 saturated heterocycles. The number of amides is 1. The van der Waals surface area contributed by atoms with E-state index in [1.807, 2.05) is 51.1 Å². The lowest BCUT2D eigenvalue weighted by molar-refractivity contribution is -0.123. The predicted octanol–water partition coefficient (Wildman–Crippen LogP) is 5.60. The molecule has 0 aliphatic rings. The first-order chi connectivity index (χ1) is 11.7. The van der Waals surface area contributed by atoms with Crippen molar-refractivity contribution in [3.63, 3.8) is 0 Å². The number of oxazole rings is 1. The molecule has 0 saturated carbocycles. The minimum absolute atomic E-state index is 0.0243. The summed E-state index contributed by atoms with van der Waals surface area (Å²) in [6.07, 6.45) is 0. The van der Waals surface area contributed by atoms with Crippen LogP contribution in [0.5, 0.6) is 0 Å². The normalized spacial score (nSPS) is 11.9. The van der Waals surface area contributed by atoms with Crippen LogP contribution in [-0.4, -0.2) is 10.9 Å². The first kappa shape index (κ1) is 17.2. The zero-order valence-electron chi connectivity index (χ0n) is 15.4. The highest BCUT2D eigenvalue weighted by Gasteiger charge is 2.21. The van der Waals surface area contributed by atoms with Crippen LogP contribution < -0.4 is 5.32 Å². The van der Waals surface area contributed by atoms with Gasteiger partial charge in [-0.05, 0) is 41.8 Å². The number of hydrogen-bond donors (Lipinski definition) is 1. The first-order valence-corrected chi connectivity index (χ1v) is 8.56. The molecule has 4 heteroatoms. The van der Waals surface area contributed by atoms with Gasteiger partial charge in [0.05, 0.1) is 0 Å². The minimum Gasteiger partial charge on any atom is -0.436 e. The van der Waals surface area contributed by atoms with Crippen LogP contribution in [0.25, 0.3) is 22.6 Å². The molecule has 1 amide bonds. The minimum atomic E-state index is -0.444. The largest absolute Gasteiger partial charge is 0.436 e. The van der Waals surface area contributed by atoms with Gasteiger partial charge in [0.15, 0.2) is 5.58 Å². The number of carbonyl (C=O) groups excluding carboxylic acids is 1. The Morgan fingerprint density at radius 2 is 1.88 bits per heavy atom. The summed E-state index contributed by atoms with van der Waals surface area (Å²) >= 11 is 0. The average molecular weight is 336 g/mol. The third-order valence-corrected chi connectivity index (χ3v) is 4.13. The van der Waals surface area contributed by atoms with E-state index in [-0.39, 0.29) is 5.91 Å². The van der Waals surface area contributed by atoms with E-state index in [0.29, 0.717) is 11.8 Å². The van der Waals surface area contributed by atoms with Crippen LogP contribution in [0.15, 0.2) is 46.9 Å². The standard InChI is InChI=1S/C21H24N2O2/c1-13(2)14-9-10-18-17(12-14)23-19(25-18)15-7-6-8-16(11-15)22-20(24)21(3,4)5/h6-13H,1-5H3,(H,22,24). The third kappa shape index (κ3) is 3.73. The van der Waals surface area contributed by atoms with E-state index in [9.17, 15) is 4.79 Å². The van der Waals surface area contributed by atoms with Crippen LogP contribution >= 0.6 is 0 Å². The number of nitrogens with one attached hydrogen (secondary N) is 1. The van der Waals surface area contributed by atoms with Crippen LogP contribution in [0.4, 0.5) is 5.69 Å². The fourth-order valence-corrected chi connectivity index (χ4v) is 2.48. The van der Waals surface area contributed by atoms with Crippen LogP contribution in [0, 0.1) is 5.41 Å². The van der Waals surface area contributed by atoms with Gasteiger partial charge >= 0.3 is 0 Å². The smallest absolute Gasteiger partial charge is 0.229 e. The van der Waals surface area contributed by atoms with Crippen molar-refractivity contribution in [2.75, 3.05) is 5.32 Å².